The molecule has 0 bridgehead atoms. The molecule has 0 spiro atoms. The van der Waals surface area contributed by atoms with Crippen molar-refractivity contribution in [2.24, 2.45) is 0 Å². The molecule has 1 N–H and O–H groups in total. The van der Waals surface area contributed by atoms with E-state index in [-0.39, 0.29) is 11.4 Å². The average molecular weight is 542 g/mol. The number of nitrogens with zero attached hydrogens (tertiary/aromatic N) is 2. The van der Waals surface area contributed by atoms with Gasteiger partial charge in [0.2, 0.25) is 5.91 Å². The topological polar surface area (TPSA) is 79.0 Å². The quantitative estimate of drug-likeness (QED) is 0.380. The molecule has 1 heterocycles. The summed E-state index contributed by atoms with van der Waals surface area (Å²) in [5, 5.41) is 3.28. The largest absolute Gasteiger partial charge is 0.494 e. The van der Waals surface area contributed by atoms with Gasteiger partial charge in [-0.1, -0.05) is 23.7 Å². The highest BCUT2D eigenvalue weighted by Crippen LogP contribution is 2.27. The monoisotopic (exact) mass is 541 g/mol. The number of carbonyl (C=O) groups excluding carboxylic acids is 1. The fraction of sp³-hybridized carbons (Fsp3) is 0.321. The molecule has 3 aromatic rings. The van der Waals surface area contributed by atoms with Crippen molar-refractivity contribution in [3.05, 3.63) is 83.4 Å². The first kappa shape index (κ1) is 26.8. The molecule has 0 radical (unpaired) electrons. The van der Waals surface area contributed by atoms with Crippen molar-refractivity contribution in [2.45, 2.75) is 37.6 Å². The Hall–Kier alpha value is -3.23. The zero-order valence-electron chi connectivity index (χ0n) is 20.9. The number of halogens is 1. The summed E-state index contributed by atoms with van der Waals surface area (Å²) in [7, 11) is -4.02. The molecule has 9 heteroatoms. The van der Waals surface area contributed by atoms with Crippen molar-refractivity contribution in [3.8, 4) is 5.75 Å². The lowest BCUT2D eigenvalue weighted by atomic mass is 10.1. The Morgan fingerprint density at radius 2 is 1.59 bits per heavy atom. The summed E-state index contributed by atoms with van der Waals surface area (Å²) in [5.74, 6) is 0.207. The van der Waals surface area contributed by atoms with Crippen LogP contribution in [-0.4, -0.2) is 40.6 Å². The zero-order valence-corrected chi connectivity index (χ0v) is 22.5. The van der Waals surface area contributed by atoms with Crippen LogP contribution in [-0.2, 0) is 21.4 Å². The maximum atomic E-state index is 13.5. The first-order valence-electron chi connectivity index (χ1n) is 12.5. The maximum absolute atomic E-state index is 13.5. The molecule has 1 aliphatic heterocycles. The molecule has 37 heavy (non-hydrogen) atoms. The van der Waals surface area contributed by atoms with Gasteiger partial charge in [0.25, 0.3) is 10.0 Å². The third-order valence-corrected chi connectivity index (χ3v) is 8.31. The second kappa shape index (κ2) is 12.3. The Morgan fingerprint density at radius 1 is 0.946 bits per heavy atom. The minimum absolute atomic E-state index is 0.0480. The number of nitrogens with one attached hydrogen (secondary N) is 1. The summed E-state index contributed by atoms with van der Waals surface area (Å²) < 4.78 is 33.6. The van der Waals surface area contributed by atoms with E-state index in [2.05, 4.69) is 22.3 Å². The van der Waals surface area contributed by atoms with Crippen LogP contribution in [0.15, 0.2) is 77.7 Å². The Kier molecular flexibility index (Phi) is 8.95. The van der Waals surface area contributed by atoms with Crippen LogP contribution >= 0.6 is 11.6 Å². The molecule has 1 saturated heterocycles. The Bertz CT molecular complexity index is 1270. The Morgan fingerprint density at radius 3 is 2.22 bits per heavy atom. The van der Waals surface area contributed by atoms with Gasteiger partial charge < -0.3 is 15.0 Å². The van der Waals surface area contributed by atoms with E-state index in [4.69, 9.17) is 16.3 Å². The van der Waals surface area contributed by atoms with Crippen LogP contribution in [0.4, 0.5) is 11.4 Å². The number of amides is 1. The molecular weight excluding hydrogens is 510 g/mol. The fourth-order valence-electron chi connectivity index (χ4n) is 4.29. The molecule has 0 aliphatic carbocycles. The third-order valence-electron chi connectivity index (χ3n) is 6.27. The molecule has 1 aliphatic rings. The number of anilines is 2. The molecule has 0 aromatic heterocycles. The first-order chi connectivity index (χ1) is 17.9. The summed E-state index contributed by atoms with van der Waals surface area (Å²) in [6, 6.07) is 20.7. The highest BCUT2D eigenvalue weighted by molar-refractivity contribution is 7.92. The number of piperidine rings is 1. The second-order valence-corrected chi connectivity index (χ2v) is 11.2. The number of hydrogen-bond acceptors (Lipinski definition) is 5. The van der Waals surface area contributed by atoms with E-state index in [0.29, 0.717) is 29.6 Å². The van der Waals surface area contributed by atoms with Crippen molar-refractivity contribution < 1.29 is 17.9 Å². The highest BCUT2D eigenvalue weighted by atomic mass is 35.5. The summed E-state index contributed by atoms with van der Waals surface area (Å²) in [6.07, 6.45) is 3.70. The van der Waals surface area contributed by atoms with Gasteiger partial charge in [0, 0.05) is 30.3 Å². The van der Waals surface area contributed by atoms with Crippen LogP contribution < -0.4 is 19.3 Å². The minimum atomic E-state index is -4.02. The Labute approximate surface area is 224 Å². The number of rotatable bonds is 10. The zero-order chi connectivity index (χ0) is 26.3. The fourth-order valence-corrected chi connectivity index (χ4v) is 5.83. The Balaban J connectivity index is 1.47. The number of carbonyl (C=O) groups is 1. The third kappa shape index (κ3) is 6.96. The highest BCUT2D eigenvalue weighted by Gasteiger charge is 2.27. The van der Waals surface area contributed by atoms with Crippen LogP contribution in [0.1, 0.15) is 31.7 Å². The van der Waals surface area contributed by atoms with Gasteiger partial charge in [0.05, 0.1) is 17.2 Å². The van der Waals surface area contributed by atoms with Gasteiger partial charge in [-0.05, 0) is 92.4 Å². The minimum Gasteiger partial charge on any atom is -0.494 e. The van der Waals surface area contributed by atoms with Gasteiger partial charge in [-0.2, -0.15) is 0 Å². The lowest BCUT2D eigenvalue weighted by Crippen LogP contribution is -2.40. The summed E-state index contributed by atoms with van der Waals surface area (Å²) in [5.41, 5.74) is 2.49. The van der Waals surface area contributed by atoms with Crippen LogP contribution in [0.5, 0.6) is 5.75 Å². The number of sulfonamides is 1. The van der Waals surface area contributed by atoms with Gasteiger partial charge in [-0.25, -0.2) is 8.42 Å². The van der Waals surface area contributed by atoms with Crippen LogP contribution in [0.3, 0.4) is 0 Å². The lowest BCUT2D eigenvalue weighted by molar-refractivity contribution is -0.119. The molecular formula is C28H32ClN3O4S. The van der Waals surface area contributed by atoms with Gasteiger partial charge >= 0.3 is 0 Å². The molecule has 4 rings (SSSR count). The lowest BCUT2D eigenvalue weighted by Gasteiger charge is -2.28. The SMILES string of the molecule is CCOc1ccc(N(CC(=O)NCc2ccc(N3CCCCC3)cc2)S(=O)(=O)c2ccc(Cl)cc2)cc1. The van der Waals surface area contributed by atoms with E-state index < -0.39 is 15.9 Å². The molecule has 1 amide bonds. The van der Waals surface area contributed by atoms with E-state index in [1.165, 1.54) is 49.2 Å². The standard InChI is InChI=1S/C28H32ClN3O4S/c1-2-36-26-14-12-25(13-15-26)32(37(34,35)27-16-8-23(29)9-17-27)21-28(33)30-20-22-6-10-24(11-7-22)31-18-4-3-5-19-31/h6-17H,2-5,18-21H2,1H3,(H,30,33). The number of ether oxygens (including phenoxy) is 1. The van der Waals surface area contributed by atoms with Gasteiger partial charge in [-0.15, -0.1) is 0 Å². The second-order valence-electron chi connectivity index (χ2n) is 8.88. The van der Waals surface area contributed by atoms with Gasteiger partial charge in [0.1, 0.15) is 12.3 Å². The molecule has 0 unspecified atom stereocenters. The van der Waals surface area contributed by atoms with Crippen LogP contribution in [0.2, 0.25) is 5.02 Å². The van der Waals surface area contributed by atoms with E-state index >= 15 is 0 Å². The molecule has 7 nitrogen and oxygen atoms in total. The number of hydrogen-bond donors (Lipinski definition) is 1. The van der Waals surface area contributed by atoms with Crippen molar-refractivity contribution >= 4 is 38.9 Å². The predicted octanol–water partition coefficient (Wildman–Crippen LogP) is 5.24. The summed E-state index contributed by atoms with van der Waals surface area (Å²) >= 11 is 5.95. The van der Waals surface area contributed by atoms with Crippen LogP contribution in [0.25, 0.3) is 0 Å². The van der Waals surface area contributed by atoms with Crippen LogP contribution in [0, 0.1) is 0 Å². The van der Waals surface area contributed by atoms with E-state index in [0.717, 1.165) is 23.0 Å². The summed E-state index contributed by atoms with van der Waals surface area (Å²) in [4.78, 5) is 15.4. The van der Waals surface area contributed by atoms with Crippen molar-refractivity contribution in [1.82, 2.24) is 5.32 Å². The molecule has 1 fully saturated rings. The van der Waals surface area contributed by atoms with E-state index in [1.54, 1.807) is 24.3 Å². The summed E-state index contributed by atoms with van der Waals surface area (Å²) in [6.45, 7) is 4.44. The smallest absolute Gasteiger partial charge is 0.264 e. The average Bonchev–Trinajstić information content (AvgIpc) is 2.92. The maximum Gasteiger partial charge on any atom is 0.264 e. The van der Waals surface area contributed by atoms with Crippen molar-refractivity contribution in [3.63, 3.8) is 0 Å². The predicted molar refractivity (Wildman–Crippen MR) is 148 cm³/mol. The molecule has 0 atom stereocenters. The van der Waals surface area contributed by atoms with Gasteiger partial charge in [-0.3, -0.25) is 9.10 Å². The molecule has 196 valence electrons. The molecule has 0 saturated carbocycles. The van der Waals surface area contributed by atoms with Crippen molar-refractivity contribution in [1.29, 1.82) is 0 Å². The van der Waals surface area contributed by atoms with E-state index in [1.807, 2.05) is 19.1 Å². The number of benzene rings is 3. The normalized spacial score (nSPS) is 13.7. The molecule has 3 aromatic carbocycles. The van der Waals surface area contributed by atoms with Crippen molar-refractivity contribution in [2.75, 3.05) is 35.4 Å². The van der Waals surface area contributed by atoms with E-state index in [9.17, 15) is 13.2 Å². The van der Waals surface area contributed by atoms with Gasteiger partial charge in [0.15, 0.2) is 0 Å². The first-order valence-corrected chi connectivity index (χ1v) is 14.3.